The fourth-order valence-corrected chi connectivity index (χ4v) is 3.99. The van der Waals surface area contributed by atoms with Gasteiger partial charge in [-0.25, -0.2) is 13.1 Å². The van der Waals surface area contributed by atoms with Crippen molar-refractivity contribution in [3.8, 4) is 0 Å². The van der Waals surface area contributed by atoms with Crippen LogP contribution in [-0.4, -0.2) is 31.8 Å². The number of rotatable bonds is 8. The highest BCUT2D eigenvalue weighted by atomic mass is 32.2. The lowest BCUT2D eigenvalue weighted by molar-refractivity contribution is -0.137. The first-order chi connectivity index (χ1) is 9.23. The van der Waals surface area contributed by atoms with Gasteiger partial charge in [-0.05, 0) is 29.6 Å². The Morgan fingerprint density at radius 2 is 1.62 bits per heavy atom. The van der Waals surface area contributed by atoms with Gasteiger partial charge in [-0.15, -0.1) is 0 Å². The normalized spacial score (nSPS) is 15.0. The second-order valence-electron chi connectivity index (χ2n) is 8.00. The van der Waals surface area contributed by atoms with Crippen LogP contribution in [0.3, 0.4) is 0 Å². The fourth-order valence-electron chi connectivity index (χ4n) is 2.32. The van der Waals surface area contributed by atoms with Crippen molar-refractivity contribution in [2.45, 2.75) is 60.8 Å². The van der Waals surface area contributed by atoms with Crippen molar-refractivity contribution in [3.63, 3.8) is 0 Å². The molecule has 0 fully saturated rings. The molecule has 0 spiro atoms. The summed E-state index contributed by atoms with van der Waals surface area (Å²) in [4.78, 5) is 10.7. The third kappa shape index (κ3) is 10.7. The topological polar surface area (TPSA) is 83.5 Å². The van der Waals surface area contributed by atoms with E-state index in [9.17, 15) is 13.2 Å². The second-order valence-corrected chi connectivity index (χ2v) is 9.80. The number of carboxylic acids is 1. The van der Waals surface area contributed by atoms with Crippen LogP contribution in [0.1, 0.15) is 60.8 Å². The van der Waals surface area contributed by atoms with Gasteiger partial charge in [0.15, 0.2) is 0 Å². The zero-order chi connectivity index (χ0) is 16.9. The molecule has 0 aliphatic heterocycles. The Hall–Kier alpha value is -0.620. The quantitative estimate of drug-likeness (QED) is 0.720. The number of sulfonamides is 1. The van der Waals surface area contributed by atoms with Crippen LogP contribution in [-0.2, 0) is 14.8 Å². The minimum Gasteiger partial charge on any atom is -0.481 e. The first kappa shape index (κ1) is 20.4. The summed E-state index contributed by atoms with van der Waals surface area (Å²) in [5.41, 5.74) is -0.316. The number of hydrogen-bond donors (Lipinski definition) is 2. The van der Waals surface area contributed by atoms with Gasteiger partial charge in [0, 0.05) is 13.0 Å². The van der Waals surface area contributed by atoms with Crippen molar-refractivity contribution in [3.05, 3.63) is 0 Å². The molecule has 0 heterocycles. The standard InChI is InChI=1S/C15H31NO4S/c1-14(2,3)11-21(19,20)16-10-9-12(15(4,5)6)7-8-13(17)18/h12,16H,7-11H2,1-6H3,(H,17,18). The van der Waals surface area contributed by atoms with E-state index >= 15 is 0 Å². The highest BCUT2D eigenvalue weighted by molar-refractivity contribution is 7.89. The summed E-state index contributed by atoms with van der Waals surface area (Å²) >= 11 is 0. The van der Waals surface area contributed by atoms with Crippen LogP contribution in [0.2, 0.25) is 0 Å². The van der Waals surface area contributed by atoms with Crippen molar-refractivity contribution in [1.82, 2.24) is 4.72 Å². The van der Waals surface area contributed by atoms with Crippen LogP contribution in [0, 0.1) is 16.7 Å². The van der Waals surface area contributed by atoms with Crippen LogP contribution >= 0.6 is 0 Å². The Labute approximate surface area is 129 Å². The van der Waals surface area contributed by atoms with Gasteiger partial charge in [-0.1, -0.05) is 41.5 Å². The highest BCUT2D eigenvalue weighted by Gasteiger charge is 2.26. The molecule has 6 heteroatoms. The van der Waals surface area contributed by atoms with E-state index in [1.54, 1.807) is 0 Å². The summed E-state index contributed by atoms with van der Waals surface area (Å²) in [5, 5.41) is 8.80. The molecule has 0 radical (unpaired) electrons. The predicted molar refractivity (Wildman–Crippen MR) is 85.7 cm³/mol. The fraction of sp³-hybridized carbons (Fsp3) is 0.933. The van der Waals surface area contributed by atoms with Gasteiger partial charge in [0.05, 0.1) is 5.75 Å². The van der Waals surface area contributed by atoms with E-state index in [0.717, 1.165) is 0 Å². The van der Waals surface area contributed by atoms with Gasteiger partial charge >= 0.3 is 5.97 Å². The largest absolute Gasteiger partial charge is 0.481 e. The lowest BCUT2D eigenvalue weighted by Crippen LogP contribution is -2.34. The van der Waals surface area contributed by atoms with E-state index in [1.165, 1.54) is 0 Å². The zero-order valence-electron chi connectivity index (χ0n) is 14.2. The zero-order valence-corrected chi connectivity index (χ0v) is 15.0. The number of carbonyl (C=O) groups is 1. The summed E-state index contributed by atoms with van der Waals surface area (Å²) in [6, 6.07) is 0. The Balaban J connectivity index is 4.47. The first-order valence-electron chi connectivity index (χ1n) is 7.42. The summed E-state index contributed by atoms with van der Waals surface area (Å²) in [7, 11) is -3.28. The van der Waals surface area contributed by atoms with E-state index < -0.39 is 16.0 Å². The molecule has 0 saturated heterocycles. The van der Waals surface area contributed by atoms with Crippen molar-refractivity contribution >= 4 is 16.0 Å². The van der Waals surface area contributed by atoms with Gasteiger partial charge in [0.1, 0.15) is 0 Å². The monoisotopic (exact) mass is 321 g/mol. The average molecular weight is 321 g/mol. The molecule has 0 saturated carbocycles. The third-order valence-electron chi connectivity index (χ3n) is 3.37. The number of aliphatic carboxylic acids is 1. The van der Waals surface area contributed by atoms with Crippen molar-refractivity contribution < 1.29 is 18.3 Å². The number of hydrogen-bond acceptors (Lipinski definition) is 3. The number of carboxylic acid groups (broad SMARTS) is 1. The van der Waals surface area contributed by atoms with Gasteiger partial charge in [-0.3, -0.25) is 4.79 Å². The third-order valence-corrected chi connectivity index (χ3v) is 5.26. The molecule has 1 atom stereocenters. The molecule has 21 heavy (non-hydrogen) atoms. The Kier molecular flexibility index (Phi) is 7.36. The second kappa shape index (κ2) is 7.58. The predicted octanol–water partition coefficient (Wildman–Crippen LogP) is 2.87. The lowest BCUT2D eigenvalue weighted by Gasteiger charge is -2.30. The molecule has 126 valence electrons. The molecular formula is C15H31NO4S. The summed E-state index contributed by atoms with van der Waals surface area (Å²) in [6.45, 7) is 12.2. The molecule has 2 N–H and O–H groups in total. The van der Waals surface area contributed by atoms with E-state index in [0.29, 0.717) is 19.4 Å². The molecule has 1 unspecified atom stereocenters. The Morgan fingerprint density at radius 3 is 2.00 bits per heavy atom. The van der Waals surface area contributed by atoms with E-state index in [4.69, 9.17) is 5.11 Å². The van der Waals surface area contributed by atoms with Crippen LogP contribution < -0.4 is 4.72 Å². The van der Waals surface area contributed by atoms with Crippen molar-refractivity contribution in [2.75, 3.05) is 12.3 Å². The summed E-state index contributed by atoms with van der Waals surface area (Å²) in [6.07, 6.45) is 1.34. The van der Waals surface area contributed by atoms with Crippen molar-refractivity contribution in [2.24, 2.45) is 16.7 Å². The minimum atomic E-state index is -3.28. The smallest absolute Gasteiger partial charge is 0.303 e. The molecule has 0 aliphatic carbocycles. The van der Waals surface area contributed by atoms with Crippen molar-refractivity contribution in [1.29, 1.82) is 0 Å². The lowest BCUT2D eigenvalue weighted by atomic mass is 9.76. The minimum absolute atomic E-state index is 0.0368. The first-order valence-corrected chi connectivity index (χ1v) is 9.07. The molecule has 0 aromatic heterocycles. The summed E-state index contributed by atoms with van der Waals surface area (Å²) < 4.78 is 26.5. The SMILES string of the molecule is CC(C)(C)CS(=O)(=O)NCCC(CCC(=O)O)C(C)(C)C. The maximum Gasteiger partial charge on any atom is 0.303 e. The maximum atomic E-state index is 11.9. The molecule has 0 amide bonds. The van der Waals surface area contributed by atoms with Gasteiger partial charge in [-0.2, -0.15) is 0 Å². The van der Waals surface area contributed by atoms with Gasteiger partial charge in [0.2, 0.25) is 10.0 Å². The molecule has 0 aromatic rings. The van der Waals surface area contributed by atoms with E-state index in [2.05, 4.69) is 25.5 Å². The molecule has 5 nitrogen and oxygen atoms in total. The van der Waals surface area contributed by atoms with Crippen LogP contribution in [0.25, 0.3) is 0 Å². The molecule has 0 bridgehead atoms. The highest BCUT2D eigenvalue weighted by Crippen LogP contribution is 2.32. The average Bonchev–Trinajstić information content (AvgIpc) is 2.16. The van der Waals surface area contributed by atoms with E-state index in [-0.39, 0.29) is 28.9 Å². The van der Waals surface area contributed by atoms with Gasteiger partial charge < -0.3 is 5.11 Å². The van der Waals surface area contributed by atoms with Gasteiger partial charge in [0.25, 0.3) is 0 Å². The summed E-state index contributed by atoms with van der Waals surface area (Å²) in [5.74, 6) is -0.543. The molecule has 0 aromatic carbocycles. The van der Waals surface area contributed by atoms with Crippen LogP contribution in [0.5, 0.6) is 0 Å². The Bertz CT molecular complexity index is 430. The molecular weight excluding hydrogens is 290 g/mol. The van der Waals surface area contributed by atoms with Crippen LogP contribution in [0.4, 0.5) is 0 Å². The van der Waals surface area contributed by atoms with Crippen LogP contribution in [0.15, 0.2) is 0 Å². The van der Waals surface area contributed by atoms with E-state index in [1.807, 2.05) is 20.8 Å². The Morgan fingerprint density at radius 1 is 1.10 bits per heavy atom. The molecule has 0 rings (SSSR count). The maximum absolute atomic E-state index is 11.9. The number of nitrogens with one attached hydrogen (secondary N) is 1. The molecule has 0 aliphatic rings.